The molecule has 0 unspecified atom stereocenters. The molecular formula is C13H12ClN5S. The SMILES string of the molecule is NCCc1c(Cl)cccc1Sc1ncnc2nc[nH]c12. The maximum Gasteiger partial charge on any atom is 0.181 e. The van der Waals surface area contributed by atoms with E-state index in [9.17, 15) is 0 Å². The number of nitrogens with one attached hydrogen (secondary N) is 1. The van der Waals surface area contributed by atoms with Gasteiger partial charge in [-0.15, -0.1) is 0 Å². The first kappa shape index (κ1) is 13.4. The van der Waals surface area contributed by atoms with E-state index in [2.05, 4.69) is 19.9 Å². The Bertz CT molecular complexity index is 742. The molecule has 0 saturated heterocycles. The smallest absolute Gasteiger partial charge is 0.181 e. The average Bonchev–Trinajstić information content (AvgIpc) is 2.92. The molecule has 3 aromatic rings. The predicted octanol–water partition coefficient (Wildman–Crippen LogP) is 2.66. The normalized spacial score (nSPS) is 11.1. The van der Waals surface area contributed by atoms with Gasteiger partial charge in [0, 0.05) is 9.92 Å². The molecule has 20 heavy (non-hydrogen) atoms. The summed E-state index contributed by atoms with van der Waals surface area (Å²) in [4.78, 5) is 16.7. The highest BCUT2D eigenvalue weighted by atomic mass is 35.5. The molecule has 0 spiro atoms. The lowest BCUT2D eigenvalue weighted by atomic mass is 10.1. The highest BCUT2D eigenvalue weighted by Gasteiger charge is 2.12. The molecule has 5 nitrogen and oxygen atoms in total. The fourth-order valence-corrected chi connectivity index (χ4v) is 3.31. The van der Waals surface area contributed by atoms with Gasteiger partial charge in [0.05, 0.1) is 6.33 Å². The second-order valence-corrected chi connectivity index (χ2v) is 5.58. The molecule has 0 amide bonds. The topological polar surface area (TPSA) is 80.5 Å². The van der Waals surface area contributed by atoms with E-state index in [1.807, 2.05) is 18.2 Å². The number of nitrogens with zero attached hydrogens (tertiary/aromatic N) is 3. The molecule has 0 radical (unpaired) electrons. The van der Waals surface area contributed by atoms with E-state index in [0.29, 0.717) is 12.2 Å². The van der Waals surface area contributed by atoms with Crippen LogP contribution in [0.3, 0.4) is 0 Å². The number of benzene rings is 1. The summed E-state index contributed by atoms with van der Waals surface area (Å²) < 4.78 is 0. The van der Waals surface area contributed by atoms with Crippen LogP contribution in [0.15, 0.2) is 40.8 Å². The number of aromatic amines is 1. The van der Waals surface area contributed by atoms with Crippen LogP contribution in [0.25, 0.3) is 11.2 Å². The van der Waals surface area contributed by atoms with Crippen molar-refractivity contribution in [3.8, 4) is 0 Å². The molecule has 3 N–H and O–H groups in total. The summed E-state index contributed by atoms with van der Waals surface area (Å²) >= 11 is 7.79. The molecule has 0 saturated carbocycles. The van der Waals surface area contributed by atoms with E-state index in [1.165, 1.54) is 6.33 Å². The van der Waals surface area contributed by atoms with Gasteiger partial charge in [-0.25, -0.2) is 15.0 Å². The first-order valence-electron chi connectivity index (χ1n) is 6.09. The van der Waals surface area contributed by atoms with Gasteiger partial charge >= 0.3 is 0 Å². The van der Waals surface area contributed by atoms with Crippen LogP contribution in [0, 0.1) is 0 Å². The van der Waals surface area contributed by atoms with Crippen molar-refractivity contribution in [1.29, 1.82) is 0 Å². The van der Waals surface area contributed by atoms with E-state index < -0.39 is 0 Å². The van der Waals surface area contributed by atoms with Crippen LogP contribution in [0.5, 0.6) is 0 Å². The number of imidazole rings is 1. The van der Waals surface area contributed by atoms with Crippen LogP contribution >= 0.6 is 23.4 Å². The number of hydrogen-bond donors (Lipinski definition) is 2. The summed E-state index contributed by atoms with van der Waals surface area (Å²) in [5, 5.41) is 1.56. The molecule has 0 aliphatic rings. The Morgan fingerprint density at radius 1 is 1.25 bits per heavy atom. The summed E-state index contributed by atoms with van der Waals surface area (Å²) in [7, 11) is 0. The van der Waals surface area contributed by atoms with Crippen molar-refractivity contribution in [2.24, 2.45) is 5.73 Å². The summed E-state index contributed by atoms with van der Waals surface area (Å²) in [6.45, 7) is 0.556. The zero-order valence-electron chi connectivity index (χ0n) is 10.5. The Morgan fingerprint density at radius 3 is 3.00 bits per heavy atom. The first-order valence-corrected chi connectivity index (χ1v) is 7.28. The minimum Gasteiger partial charge on any atom is -0.341 e. The zero-order chi connectivity index (χ0) is 13.9. The molecule has 0 aliphatic carbocycles. The maximum atomic E-state index is 6.25. The maximum absolute atomic E-state index is 6.25. The quantitative estimate of drug-likeness (QED) is 0.724. The summed E-state index contributed by atoms with van der Waals surface area (Å²) in [5.41, 5.74) is 8.19. The number of aromatic nitrogens is 4. The van der Waals surface area contributed by atoms with Crippen molar-refractivity contribution in [2.45, 2.75) is 16.3 Å². The molecule has 0 fully saturated rings. The monoisotopic (exact) mass is 305 g/mol. The Kier molecular flexibility index (Phi) is 3.86. The fourth-order valence-electron chi connectivity index (χ4n) is 1.95. The van der Waals surface area contributed by atoms with Gasteiger partial charge in [-0.05, 0) is 30.7 Å². The summed E-state index contributed by atoms with van der Waals surface area (Å²) in [5.74, 6) is 0. The van der Waals surface area contributed by atoms with Crippen LogP contribution < -0.4 is 5.73 Å². The fraction of sp³-hybridized carbons (Fsp3) is 0.154. The number of halogens is 1. The number of H-pyrrole nitrogens is 1. The number of nitrogens with two attached hydrogens (primary N) is 1. The Labute approximate surface area is 125 Å². The van der Waals surface area contributed by atoms with E-state index in [1.54, 1.807) is 18.1 Å². The van der Waals surface area contributed by atoms with Gasteiger partial charge in [0.1, 0.15) is 16.9 Å². The van der Waals surface area contributed by atoms with Gasteiger partial charge in [0.2, 0.25) is 0 Å². The van der Waals surface area contributed by atoms with E-state index in [-0.39, 0.29) is 0 Å². The molecule has 2 aromatic heterocycles. The Hall–Kier alpha value is -1.63. The molecule has 0 atom stereocenters. The Balaban J connectivity index is 2.03. The average molecular weight is 306 g/mol. The molecule has 0 bridgehead atoms. The van der Waals surface area contributed by atoms with Crippen LogP contribution in [-0.4, -0.2) is 26.5 Å². The molecule has 2 heterocycles. The molecule has 1 aromatic carbocycles. The van der Waals surface area contributed by atoms with Gasteiger partial charge in [-0.2, -0.15) is 0 Å². The summed E-state index contributed by atoms with van der Waals surface area (Å²) in [6, 6.07) is 5.82. The lowest BCUT2D eigenvalue weighted by molar-refractivity contribution is 0.943. The molecular weight excluding hydrogens is 294 g/mol. The van der Waals surface area contributed by atoms with Crippen molar-refractivity contribution in [3.05, 3.63) is 41.4 Å². The van der Waals surface area contributed by atoms with Gasteiger partial charge in [0.25, 0.3) is 0 Å². The van der Waals surface area contributed by atoms with Gasteiger partial charge in [0.15, 0.2) is 5.65 Å². The van der Waals surface area contributed by atoms with Crippen LogP contribution in [0.4, 0.5) is 0 Å². The van der Waals surface area contributed by atoms with Crippen LogP contribution in [-0.2, 0) is 6.42 Å². The minimum absolute atomic E-state index is 0.556. The van der Waals surface area contributed by atoms with E-state index in [0.717, 1.165) is 32.4 Å². The van der Waals surface area contributed by atoms with Crippen molar-refractivity contribution >= 4 is 34.5 Å². The predicted molar refractivity (Wildman–Crippen MR) is 80.0 cm³/mol. The second-order valence-electron chi connectivity index (χ2n) is 4.14. The van der Waals surface area contributed by atoms with Crippen molar-refractivity contribution in [1.82, 2.24) is 19.9 Å². The van der Waals surface area contributed by atoms with Crippen molar-refractivity contribution in [2.75, 3.05) is 6.54 Å². The third-order valence-corrected chi connectivity index (χ3v) is 4.32. The van der Waals surface area contributed by atoms with Gasteiger partial charge < -0.3 is 10.7 Å². The third kappa shape index (κ3) is 2.49. The molecule has 3 rings (SSSR count). The minimum atomic E-state index is 0.556. The molecule has 102 valence electrons. The first-order chi connectivity index (χ1) is 9.79. The summed E-state index contributed by atoms with van der Waals surface area (Å²) in [6.07, 6.45) is 3.86. The van der Waals surface area contributed by atoms with Gasteiger partial charge in [-0.1, -0.05) is 29.4 Å². The van der Waals surface area contributed by atoms with Crippen molar-refractivity contribution < 1.29 is 0 Å². The second kappa shape index (κ2) is 5.78. The number of fused-ring (bicyclic) bond motifs is 1. The zero-order valence-corrected chi connectivity index (χ0v) is 12.1. The standard InChI is InChI=1S/C13H12ClN5S/c14-9-2-1-3-10(8(9)4-5-15)20-13-11-12(17-6-16-11)18-7-19-13/h1-3,6-7H,4-5,15H2,(H,16,17,18,19). The van der Waals surface area contributed by atoms with Gasteiger partial charge in [-0.3, -0.25) is 0 Å². The largest absolute Gasteiger partial charge is 0.341 e. The van der Waals surface area contributed by atoms with Crippen LogP contribution in [0.1, 0.15) is 5.56 Å². The lowest BCUT2D eigenvalue weighted by Crippen LogP contribution is -2.04. The van der Waals surface area contributed by atoms with Crippen LogP contribution in [0.2, 0.25) is 5.02 Å². The van der Waals surface area contributed by atoms with Crippen molar-refractivity contribution in [3.63, 3.8) is 0 Å². The number of hydrogen-bond acceptors (Lipinski definition) is 5. The third-order valence-electron chi connectivity index (χ3n) is 2.87. The highest BCUT2D eigenvalue weighted by molar-refractivity contribution is 7.99. The van der Waals surface area contributed by atoms with E-state index >= 15 is 0 Å². The Morgan fingerprint density at radius 2 is 2.15 bits per heavy atom. The molecule has 7 heteroatoms. The highest BCUT2D eigenvalue weighted by Crippen LogP contribution is 2.35. The van der Waals surface area contributed by atoms with E-state index in [4.69, 9.17) is 17.3 Å². The molecule has 0 aliphatic heterocycles. The lowest BCUT2D eigenvalue weighted by Gasteiger charge is -2.09. The number of rotatable bonds is 4.